The Balaban J connectivity index is 2.65. The molecule has 0 radical (unpaired) electrons. The normalized spacial score (nSPS) is 13.0. The zero-order valence-electron chi connectivity index (χ0n) is 8.14. The standard InChI is InChI=1S/C12H13NS/c1-9(8-14)11-4-2-3-10-5-6-13-7-12(10)11/h2-7,9,14H,8H2,1H3. The highest BCUT2D eigenvalue weighted by Gasteiger charge is 2.06. The summed E-state index contributed by atoms with van der Waals surface area (Å²) in [6.07, 6.45) is 3.77. The minimum absolute atomic E-state index is 0.478. The average Bonchev–Trinajstić information content (AvgIpc) is 2.27. The molecule has 14 heavy (non-hydrogen) atoms. The molecule has 72 valence electrons. The molecule has 2 aromatic rings. The Kier molecular flexibility index (Phi) is 2.73. The van der Waals surface area contributed by atoms with E-state index in [0.717, 1.165) is 5.75 Å². The van der Waals surface area contributed by atoms with Gasteiger partial charge in [0.15, 0.2) is 0 Å². The van der Waals surface area contributed by atoms with Gasteiger partial charge in [0.25, 0.3) is 0 Å². The zero-order valence-corrected chi connectivity index (χ0v) is 9.04. The van der Waals surface area contributed by atoms with Crippen molar-refractivity contribution in [2.24, 2.45) is 0 Å². The van der Waals surface area contributed by atoms with Crippen molar-refractivity contribution in [1.82, 2.24) is 4.98 Å². The first-order valence-electron chi connectivity index (χ1n) is 4.76. The van der Waals surface area contributed by atoms with Crippen molar-refractivity contribution in [3.05, 3.63) is 42.2 Å². The topological polar surface area (TPSA) is 12.9 Å². The van der Waals surface area contributed by atoms with Gasteiger partial charge in [-0.3, -0.25) is 4.98 Å². The number of fused-ring (bicyclic) bond motifs is 1. The number of pyridine rings is 1. The molecule has 0 spiro atoms. The van der Waals surface area contributed by atoms with Crippen molar-refractivity contribution in [2.75, 3.05) is 5.75 Å². The number of rotatable bonds is 2. The molecule has 0 bridgehead atoms. The zero-order chi connectivity index (χ0) is 9.97. The van der Waals surface area contributed by atoms with Gasteiger partial charge in [-0.05, 0) is 28.7 Å². The molecule has 0 fully saturated rings. The first-order chi connectivity index (χ1) is 6.83. The fraction of sp³-hybridized carbons (Fsp3) is 0.250. The second-order valence-electron chi connectivity index (χ2n) is 3.53. The van der Waals surface area contributed by atoms with Crippen LogP contribution in [0.3, 0.4) is 0 Å². The summed E-state index contributed by atoms with van der Waals surface area (Å²) in [6.45, 7) is 2.19. The highest BCUT2D eigenvalue weighted by atomic mass is 32.1. The van der Waals surface area contributed by atoms with Crippen LogP contribution in [0.4, 0.5) is 0 Å². The predicted octanol–water partition coefficient (Wildman–Crippen LogP) is 3.27. The highest BCUT2D eigenvalue weighted by molar-refractivity contribution is 7.80. The number of hydrogen-bond acceptors (Lipinski definition) is 2. The third-order valence-corrected chi connectivity index (χ3v) is 3.07. The van der Waals surface area contributed by atoms with E-state index in [9.17, 15) is 0 Å². The number of nitrogens with zero attached hydrogens (tertiary/aromatic N) is 1. The lowest BCUT2D eigenvalue weighted by Crippen LogP contribution is -1.95. The molecule has 0 aliphatic rings. The van der Waals surface area contributed by atoms with E-state index in [-0.39, 0.29) is 0 Å². The van der Waals surface area contributed by atoms with Crippen LogP contribution in [0.2, 0.25) is 0 Å². The lowest BCUT2D eigenvalue weighted by atomic mass is 9.97. The lowest BCUT2D eigenvalue weighted by molar-refractivity contribution is 0.893. The maximum Gasteiger partial charge on any atom is 0.0349 e. The van der Waals surface area contributed by atoms with Crippen LogP contribution in [0.1, 0.15) is 18.4 Å². The van der Waals surface area contributed by atoms with Crippen LogP contribution in [-0.2, 0) is 0 Å². The summed E-state index contributed by atoms with van der Waals surface area (Å²) in [7, 11) is 0. The maximum absolute atomic E-state index is 4.33. The van der Waals surface area contributed by atoms with Crippen molar-refractivity contribution < 1.29 is 0 Å². The first-order valence-corrected chi connectivity index (χ1v) is 5.39. The maximum atomic E-state index is 4.33. The first kappa shape index (κ1) is 9.53. The van der Waals surface area contributed by atoms with Crippen LogP contribution in [0.15, 0.2) is 36.7 Å². The largest absolute Gasteiger partial charge is 0.264 e. The van der Waals surface area contributed by atoms with E-state index in [1.165, 1.54) is 16.3 Å². The SMILES string of the molecule is CC(CS)c1cccc2ccncc12. The Morgan fingerprint density at radius 3 is 3.00 bits per heavy atom. The van der Waals surface area contributed by atoms with Gasteiger partial charge in [-0.15, -0.1) is 0 Å². The molecule has 1 unspecified atom stereocenters. The van der Waals surface area contributed by atoms with Crippen molar-refractivity contribution in [3.8, 4) is 0 Å². The Morgan fingerprint density at radius 1 is 1.36 bits per heavy atom. The molecule has 0 saturated heterocycles. The van der Waals surface area contributed by atoms with E-state index in [0.29, 0.717) is 5.92 Å². The summed E-state index contributed by atoms with van der Waals surface area (Å²) in [6, 6.07) is 8.42. The van der Waals surface area contributed by atoms with Crippen molar-refractivity contribution >= 4 is 23.4 Å². The van der Waals surface area contributed by atoms with E-state index in [2.05, 4.69) is 42.7 Å². The number of benzene rings is 1. The third-order valence-electron chi connectivity index (χ3n) is 2.52. The summed E-state index contributed by atoms with van der Waals surface area (Å²) in [5.74, 6) is 1.35. The van der Waals surface area contributed by atoms with Crippen LogP contribution in [0, 0.1) is 0 Å². The van der Waals surface area contributed by atoms with Gasteiger partial charge in [0.1, 0.15) is 0 Å². The minimum atomic E-state index is 0.478. The molecule has 1 nitrogen and oxygen atoms in total. The van der Waals surface area contributed by atoms with Gasteiger partial charge >= 0.3 is 0 Å². The van der Waals surface area contributed by atoms with Crippen LogP contribution in [0.25, 0.3) is 10.8 Å². The van der Waals surface area contributed by atoms with Gasteiger partial charge in [-0.1, -0.05) is 25.1 Å². The number of hydrogen-bond donors (Lipinski definition) is 1. The van der Waals surface area contributed by atoms with Gasteiger partial charge in [-0.2, -0.15) is 12.6 Å². The van der Waals surface area contributed by atoms with Gasteiger partial charge < -0.3 is 0 Å². The summed E-state index contributed by atoms with van der Waals surface area (Å²) in [5, 5.41) is 2.50. The van der Waals surface area contributed by atoms with Crippen LogP contribution >= 0.6 is 12.6 Å². The lowest BCUT2D eigenvalue weighted by Gasteiger charge is -2.11. The second-order valence-corrected chi connectivity index (χ2v) is 3.89. The smallest absolute Gasteiger partial charge is 0.0349 e. The van der Waals surface area contributed by atoms with E-state index in [1.807, 2.05) is 18.5 Å². The molecule has 0 aliphatic heterocycles. The molecule has 0 aliphatic carbocycles. The van der Waals surface area contributed by atoms with Crippen LogP contribution in [-0.4, -0.2) is 10.7 Å². The summed E-state index contributed by atoms with van der Waals surface area (Å²) in [5.41, 5.74) is 1.34. The average molecular weight is 203 g/mol. The van der Waals surface area contributed by atoms with Gasteiger partial charge in [0.2, 0.25) is 0 Å². The van der Waals surface area contributed by atoms with E-state index in [1.54, 1.807) is 0 Å². The Morgan fingerprint density at radius 2 is 2.21 bits per heavy atom. The van der Waals surface area contributed by atoms with Gasteiger partial charge in [-0.25, -0.2) is 0 Å². The fourth-order valence-electron chi connectivity index (χ4n) is 1.67. The molecular weight excluding hydrogens is 190 g/mol. The van der Waals surface area contributed by atoms with Gasteiger partial charge in [0.05, 0.1) is 0 Å². The number of thiol groups is 1. The molecule has 1 heterocycles. The van der Waals surface area contributed by atoms with Crippen LogP contribution in [0.5, 0.6) is 0 Å². The van der Waals surface area contributed by atoms with Crippen molar-refractivity contribution in [1.29, 1.82) is 0 Å². The summed E-state index contributed by atoms with van der Waals surface area (Å²) >= 11 is 4.33. The Bertz CT molecular complexity index is 434. The Labute approximate surface area is 89.6 Å². The Hall–Kier alpha value is -1.02. The molecule has 1 aromatic heterocycles. The molecule has 0 N–H and O–H groups in total. The third kappa shape index (κ3) is 1.62. The molecule has 2 heteroatoms. The summed E-state index contributed by atoms with van der Waals surface area (Å²) < 4.78 is 0. The van der Waals surface area contributed by atoms with E-state index in [4.69, 9.17) is 0 Å². The molecule has 2 rings (SSSR count). The number of aromatic nitrogens is 1. The van der Waals surface area contributed by atoms with E-state index >= 15 is 0 Å². The molecule has 1 aromatic carbocycles. The molecule has 0 amide bonds. The highest BCUT2D eigenvalue weighted by Crippen LogP contribution is 2.25. The van der Waals surface area contributed by atoms with Crippen LogP contribution < -0.4 is 0 Å². The van der Waals surface area contributed by atoms with Crippen molar-refractivity contribution in [2.45, 2.75) is 12.8 Å². The van der Waals surface area contributed by atoms with Gasteiger partial charge in [0, 0.05) is 17.8 Å². The predicted molar refractivity (Wildman–Crippen MR) is 64.0 cm³/mol. The van der Waals surface area contributed by atoms with Crippen molar-refractivity contribution in [3.63, 3.8) is 0 Å². The molecule has 1 atom stereocenters. The monoisotopic (exact) mass is 203 g/mol. The summed E-state index contributed by atoms with van der Waals surface area (Å²) in [4.78, 5) is 4.17. The quantitative estimate of drug-likeness (QED) is 0.739. The molecule has 0 saturated carbocycles. The minimum Gasteiger partial charge on any atom is -0.264 e. The fourth-order valence-corrected chi connectivity index (χ4v) is 1.86. The van der Waals surface area contributed by atoms with E-state index < -0.39 is 0 Å². The second kappa shape index (κ2) is 4.01. The molecular formula is C12H13NS.